The van der Waals surface area contributed by atoms with E-state index in [0.717, 1.165) is 21.3 Å². The van der Waals surface area contributed by atoms with Gasteiger partial charge in [-0.2, -0.15) is 0 Å². The highest BCUT2D eigenvalue weighted by atomic mass is 79.9. The summed E-state index contributed by atoms with van der Waals surface area (Å²) in [7, 11) is 0. The Morgan fingerprint density at radius 2 is 1.94 bits per heavy atom. The number of rotatable bonds is 2. The first-order valence-electron chi connectivity index (χ1n) is 5.13. The van der Waals surface area contributed by atoms with Crippen LogP contribution in [0.15, 0.2) is 41.0 Å². The molecule has 0 bridgehead atoms. The zero-order valence-electron chi connectivity index (χ0n) is 9.19. The van der Waals surface area contributed by atoms with Crippen molar-refractivity contribution in [3.05, 3.63) is 62.8 Å². The van der Waals surface area contributed by atoms with Crippen LogP contribution in [0, 0.1) is 6.92 Å². The van der Waals surface area contributed by atoms with Crippen LogP contribution in [-0.2, 0) is 0 Å². The number of aryl methyl sites for hydroxylation is 1. The van der Waals surface area contributed by atoms with Gasteiger partial charge in [0, 0.05) is 21.9 Å². The van der Waals surface area contributed by atoms with E-state index in [9.17, 15) is 5.11 Å². The minimum atomic E-state index is -0.684. The van der Waals surface area contributed by atoms with Gasteiger partial charge in [0.1, 0.15) is 6.10 Å². The summed E-state index contributed by atoms with van der Waals surface area (Å²) in [4.78, 5) is 4.17. The molecule has 1 atom stereocenters. The van der Waals surface area contributed by atoms with Crippen molar-refractivity contribution in [3.63, 3.8) is 0 Å². The van der Waals surface area contributed by atoms with Gasteiger partial charge in [-0.3, -0.25) is 4.98 Å². The van der Waals surface area contributed by atoms with Crippen LogP contribution in [0.3, 0.4) is 0 Å². The van der Waals surface area contributed by atoms with Crippen molar-refractivity contribution in [1.29, 1.82) is 0 Å². The fraction of sp³-hybridized carbons (Fsp3) is 0.154. The molecule has 1 unspecified atom stereocenters. The Labute approximate surface area is 113 Å². The van der Waals surface area contributed by atoms with Gasteiger partial charge >= 0.3 is 0 Å². The quantitative estimate of drug-likeness (QED) is 0.912. The minimum Gasteiger partial charge on any atom is -0.384 e. The van der Waals surface area contributed by atoms with Gasteiger partial charge in [-0.1, -0.05) is 23.7 Å². The predicted molar refractivity (Wildman–Crippen MR) is 72.2 cm³/mol. The molecule has 0 aliphatic rings. The van der Waals surface area contributed by atoms with Crippen LogP contribution in [0.4, 0.5) is 0 Å². The maximum Gasteiger partial charge on any atom is 0.106 e. The van der Waals surface area contributed by atoms with Crippen molar-refractivity contribution in [2.24, 2.45) is 0 Å². The van der Waals surface area contributed by atoms with Crippen LogP contribution in [0.25, 0.3) is 0 Å². The first-order valence-corrected chi connectivity index (χ1v) is 6.30. The summed E-state index contributed by atoms with van der Waals surface area (Å²) >= 11 is 9.25. The Bertz CT molecular complexity index is 527. The largest absolute Gasteiger partial charge is 0.384 e. The molecular weight excluding hydrogens is 302 g/mol. The lowest BCUT2D eigenvalue weighted by Gasteiger charge is -2.12. The van der Waals surface area contributed by atoms with Gasteiger partial charge in [-0.25, -0.2) is 0 Å². The van der Waals surface area contributed by atoms with E-state index in [1.54, 1.807) is 18.3 Å². The molecule has 0 radical (unpaired) electrons. The van der Waals surface area contributed by atoms with E-state index < -0.39 is 6.10 Å². The number of benzene rings is 1. The molecule has 0 fully saturated rings. The van der Waals surface area contributed by atoms with Crippen molar-refractivity contribution in [1.82, 2.24) is 4.98 Å². The molecule has 1 aromatic heterocycles. The van der Waals surface area contributed by atoms with E-state index in [-0.39, 0.29) is 0 Å². The number of nitrogens with zero attached hydrogens (tertiary/aromatic N) is 1. The van der Waals surface area contributed by atoms with Crippen LogP contribution < -0.4 is 0 Å². The van der Waals surface area contributed by atoms with E-state index in [1.807, 2.05) is 25.1 Å². The lowest BCUT2D eigenvalue weighted by atomic mass is 10.0. The van der Waals surface area contributed by atoms with Crippen molar-refractivity contribution >= 4 is 27.5 Å². The van der Waals surface area contributed by atoms with E-state index in [1.165, 1.54) is 0 Å². The number of aliphatic hydroxyl groups excluding tert-OH is 1. The summed E-state index contributed by atoms with van der Waals surface area (Å²) in [6.45, 7) is 1.91. The summed E-state index contributed by atoms with van der Waals surface area (Å²) in [5, 5.41) is 10.8. The molecule has 0 saturated heterocycles. The van der Waals surface area contributed by atoms with Crippen LogP contribution in [0.5, 0.6) is 0 Å². The van der Waals surface area contributed by atoms with Crippen molar-refractivity contribution in [2.45, 2.75) is 13.0 Å². The average Bonchev–Trinajstić information content (AvgIpc) is 2.33. The second-order valence-electron chi connectivity index (χ2n) is 3.81. The highest BCUT2D eigenvalue weighted by Crippen LogP contribution is 2.28. The first-order chi connectivity index (χ1) is 8.08. The van der Waals surface area contributed by atoms with E-state index in [4.69, 9.17) is 11.6 Å². The van der Waals surface area contributed by atoms with Gasteiger partial charge in [0.2, 0.25) is 0 Å². The third-order valence-electron chi connectivity index (χ3n) is 2.51. The molecule has 0 aliphatic carbocycles. The molecule has 2 aromatic rings. The lowest BCUT2D eigenvalue weighted by Crippen LogP contribution is -2.00. The molecule has 2 rings (SSSR count). The summed E-state index contributed by atoms with van der Waals surface area (Å²) in [5.41, 5.74) is 2.48. The number of hydrogen-bond donors (Lipinski definition) is 1. The molecule has 17 heavy (non-hydrogen) atoms. The highest BCUT2D eigenvalue weighted by Gasteiger charge is 2.11. The fourth-order valence-electron chi connectivity index (χ4n) is 1.52. The van der Waals surface area contributed by atoms with Crippen molar-refractivity contribution in [2.75, 3.05) is 0 Å². The number of hydrogen-bond acceptors (Lipinski definition) is 2. The highest BCUT2D eigenvalue weighted by molar-refractivity contribution is 9.10. The normalized spacial score (nSPS) is 12.5. The standard InChI is InChI=1S/C13H11BrClNO/c1-8-2-3-10(7-16-8)13(17)9-4-5-12(15)11(14)6-9/h2-7,13,17H,1H3. The van der Waals surface area contributed by atoms with Gasteiger partial charge in [-0.05, 0) is 46.6 Å². The molecule has 2 nitrogen and oxygen atoms in total. The minimum absolute atomic E-state index is 0.628. The summed E-state index contributed by atoms with van der Waals surface area (Å²) < 4.78 is 0.774. The van der Waals surface area contributed by atoms with E-state index in [2.05, 4.69) is 20.9 Å². The average molecular weight is 313 g/mol. The smallest absolute Gasteiger partial charge is 0.106 e. The molecule has 1 N–H and O–H groups in total. The zero-order chi connectivity index (χ0) is 12.4. The third kappa shape index (κ3) is 2.86. The van der Waals surface area contributed by atoms with Crippen LogP contribution >= 0.6 is 27.5 Å². The first kappa shape index (κ1) is 12.6. The number of aliphatic hydroxyl groups is 1. The van der Waals surface area contributed by atoms with Gasteiger partial charge in [0.15, 0.2) is 0 Å². The van der Waals surface area contributed by atoms with Crippen LogP contribution in [0.1, 0.15) is 22.9 Å². The molecule has 88 valence electrons. The second kappa shape index (κ2) is 5.17. The number of pyridine rings is 1. The maximum absolute atomic E-state index is 10.2. The zero-order valence-corrected chi connectivity index (χ0v) is 11.5. The topological polar surface area (TPSA) is 33.1 Å². The molecule has 1 heterocycles. The maximum atomic E-state index is 10.2. The molecule has 0 amide bonds. The molecule has 0 saturated carbocycles. The molecule has 4 heteroatoms. The van der Waals surface area contributed by atoms with Gasteiger partial charge in [-0.15, -0.1) is 0 Å². The number of halogens is 2. The third-order valence-corrected chi connectivity index (χ3v) is 3.72. The summed E-state index contributed by atoms with van der Waals surface area (Å²) in [6, 6.07) is 9.12. The Hall–Kier alpha value is -0.900. The SMILES string of the molecule is Cc1ccc(C(O)c2ccc(Cl)c(Br)c2)cn1. The monoisotopic (exact) mass is 311 g/mol. The van der Waals surface area contributed by atoms with Gasteiger partial charge in [0.25, 0.3) is 0 Å². The van der Waals surface area contributed by atoms with Crippen molar-refractivity contribution < 1.29 is 5.11 Å². The summed E-state index contributed by atoms with van der Waals surface area (Å²) in [5.74, 6) is 0. The fourth-order valence-corrected chi connectivity index (χ4v) is 2.03. The Balaban J connectivity index is 2.33. The van der Waals surface area contributed by atoms with Gasteiger partial charge in [0.05, 0.1) is 5.02 Å². The molecule has 0 aliphatic heterocycles. The second-order valence-corrected chi connectivity index (χ2v) is 5.07. The Morgan fingerprint density at radius 3 is 2.53 bits per heavy atom. The molecular formula is C13H11BrClNO. The van der Waals surface area contributed by atoms with Crippen molar-refractivity contribution in [3.8, 4) is 0 Å². The predicted octanol–water partition coefficient (Wildman–Crippen LogP) is 3.89. The van der Waals surface area contributed by atoms with Gasteiger partial charge < -0.3 is 5.11 Å². The van der Waals surface area contributed by atoms with E-state index >= 15 is 0 Å². The Kier molecular flexibility index (Phi) is 3.82. The summed E-state index contributed by atoms with van der Waals surface area (Å²) in [6.07, 6.45) is 0.999. The lowest BCUT2D eigenvalue weighted by molar-refractivity contribution is 0.220. The van der Waals surface area contributed by atoms with E-state index in [0.29, 0.717) is 5.02 Å². The Morgan fingerprint density at radius 1 is 1.24 bits per heavy atom. The molecule has 0 spiro atoms. The van der Waals surface area contributed by atoms with Crippen LogP contribution in [-0.4, -0.2) is 10.1 Å². The molecule has 1 aromatic carbocycles. The van der Waals surface area contributed by atoms with Crippen LogP contribution in [0.2, 0.25) is 5.02 Å². The number of aromatic nitrogens is 1.